The second-order valence-electron chi connectivity index (χ2n) is 7.19. The Hall–Kier alpha value is -3.79. The summed E-state index contributed by atoms with van der Waals surface area (Å²) in [5.41, 5.74) is 3.64. The summed E-state index contributed by atoms with van der Waals surface area (Å²) in [6.07, 6.45) is 2.22. The molecule has 0 spiro atoms. The van der Waals surface area contributed by atoms with Crippen molar-refractivity contribution in [3.8, 4) is 22.5 Å². The fourth-order valence-electron chi connectivity index (χ4n) is 3.84. The molecule has 1 aliphatic heterocycles. The van der Waals surface area contributed by atoms with Gasteiger partial charge in [-0.05, 0) is 36.4 Å². The van der Waals surface area contributed by atoms with Crippen molar-refractivity contribution in [1.29, 1.82) is 0 Å². The number of fused-ring (bicyclic) bond motifs is 1. The molecular formula is C21H20FN7O2. The molecule has 0 unspecified atom stereocenters. The fraction of sp³-hybridized carbons (Fsp3) is 0.238. The van der Waals surface area contributed by atoms with E-state index in [0.717, 1.165) is 30.0 Å². The van der Waals surface area contributed by atoms with Crippen molar-refractivity contribution < 1.29 is 13.9 Å². The molecule has 1 aliphatic rings. The number of carbonyl (C=O) groups is 1. The van der Waals surface area contributed by atoms with Crippen LogP contribution in [-0.2, 0) is 16.6 Å². The maximum atomic E-state index is 13.5. The summed E-state index contributed by atoms with van der Waals surface area (Å²) < 4.78 is 22.5. The number of ether oxygens (including phenoxy) is 1. The Morgan fingerprint density at radius 2 is 1.87 bits per heavy atom. The quantitative estimate of drug-likeness (QED) is 0.498. The van der Waals surface area contributed by atoms with Gasteiger partial charge in [-0.3, -0.25) is 9.48 Å². The molecule has 4 aromatic rings. The summed E-state index contributed by atoms with van der Waals surface area (Å²) in [7, 11) is 1.89. The molecule has 1 fully saturated rings. The van der Waals surface area contributed by atoms with Crippen LogP contribution in [0.25, 0.3) is 28.2 Å². The first-order chi connectivity index (χ1) is 15.1. The fourth-order valence-corrected chi connectivity index (χ4v) is 3.84. The lowest BCUT2D eigenvalue weighted by atomic mass is 10.0. The largest absolute Gasteiger partial charge is 0.378 e. The summed E-state index contributed by atoms with van der Waals surface area (Å²) in [5.74, 6) is 1.03. The third-order valence-corrected chi connectivity index (χ3v) is 5.23. The van der Waals surface area contributed by atoms with Crippen LogP contribution in [0.4, 0.5) is 16.0 Å². The van der Waals surface area contributed by atoms with Crippen molar-refractivity contribution in [3.05, 3.63) is 48.4 Å². The summed E-state index contributed by atoms with van der Waals surface area (Å²) in [6.45, 7) is 2.72. The van der Waals surface area contributed by atoms with Gasteiger partial charge in [-0.25, -0.2) is 13.9 Å². The van der Waals surface area contributed by atoms with Gasteiger partial charge < -0.3 is 15.0 Å². The Morgan fingerprint density at radius 3 is 2.61 bits per heavy atom. The Kier molecular flexibility index (Phi) is 4.83. The van der Waals surface area contributed by atoms with Gasteiger partial charge in [0, 0.05) is 25.7 Å². The molecule has 10 heteroatoms. The van der Waals surface area contributed by atoms with Crippen LogP contribution in [-0.4, -0.2) is 57.1 Å². The van der Waals surface area contributed by atoms with Crippen molar-refractivity contribution >= 4 is 23.7 Å². The van der Waals surface area contributed by atoms with E-state index in [-0.39, 0.29) is 5.82 Å². The van der Waals surface area contributed by atoms with E-state index in [1.807, 2.05) is 23.9 Å². The number of halogens is 1. The number of carbonyl (C=O) groups excluding carboxylic acids is 1. The second-order valence-corrected chi connectivity index (χ2v) is 7.19. The average molecular weight is 421 g/mol. The standard InChI is InChI=1S/C21H20FN7O2/c1-27-21(28-8-10-31-11-9-28)19(20(26-27)14-2-4-15(22)5-3-14)16-6-7-18-24-17(23-13-30)12-29(18)25-16/h2-7,12-13H,8-11H2,1H3,(H,23,30). The third-order valence-electron chi connectivity index (χ3n) is 5.23. The van der Waals surface area contributed by atoms with Crippen LogP contribution in [0.5, 0.6) is 0 Å². The van der Waals surface area contributed by atoms with Crippen molar-refractivity contribution in [1.82, 2.24) is 24.4 Å². The van der Waals surface area contributed by atoms with E-state index >= 15 is 0 Å². The molecule has 31 heavy (non-hydrogen) atoms. The van der Waals surface area contributed by atoms with Gasteiger partial charge in [0.1, 0.15) is 17.3 Å². The molecule has 9 nitrogen and oxygen atoms in total. The summed E-state index contributed by atoms with van der Waals surface area (Å²) >= 11 is 0. The van der Waals surface area contributed by atoms with Crippen LogP contribution in [0.2, 0.25) is 0 Å². The lowest BCUT2D eigenvalue weighted by Gasteiger charge is -2.29. The van der Waals surface area contributed by atoms with Crippen LogP contribution < -0.4 is 10.2 Å². The van der Waals surface area contributed by atoms with Crippen LogP contribution in [0, 0.1) is 5.82 Å². The first-order valence-corrected chi connectivity index (χ1v) is 9.86. The van der Waals surface area contributed by atoms with Crippen molar-refractivity contribution in [2.75, 3.05) is 36.5 Å². The van der Waals surface area contributed by atoms with E-state index in [9.17, 15) is 9.18 Å². The van der Waals surface area contributed by atoms with Gasteiger partial charge in [-0.2, -0.15) is 10.2 Å². The Balaban J connectivity index is 1.70. The maximum absolute atomic E-state index is 13.5. The van der Waals surface area contributed by atoms with Crippen molar-refractivity contribution in [2.45, 2.75) is 0 Å². The van der Waals surface area contributed by atoms with Crippen molar-refractivity contribution in [3.63, 3.8) is 0 Å². The highest BCUT2D eigenvalue weighted by atomic mass is 19.1. The summed E-state index contributed by atoms with van der Waals surface area (Å²) in [5, 5.41) is 12.0. The number of nitrogens with zero attached hydrogens (tertiary/aromatic N) is 6. The molecule has 0 saturated carbocycles. The lowest BCUT2D eigenvalue weighted by molar-refractivity contribution is -0.105. The van der Waals surface area contributed by atoms with E-state index in [1.54, 1.807) is 22.8 Å². The number of rotatable bonds is 5. The lowest BCUT2D eigenvalue weighted by Crippen LogP contribution is -2.37. The maximum Gasteiger partial charge on any atom is 0.212 e. The van der Waals surface area contributed by atoms with Gasteiger partial charge in [0.25, 0.3) is 0 Å². The molecule has 3 aromatic heterocycles. The minimum Gasteiger partial charge on any atom is -0.378 e. The second kappa shape index (κ2) is 7.80. The first-order valence-electron chi connectivity index (χ1n) is 9.86. The molecule has 158 valence electrons. The highest BCUT2D eigenvalue weighted by Gasteiger charge is 2.26. The normalized spacial score (nSPS) is 14.2. The van der Waals surface area contributed by atoms with Crippen LogP contribution in [0.15, 0.2) is 42.6 Å². The van der Waals surface area contributed by atoms with E-state index in [0.29, 0.717) is 42.5 Å². The topological polar surface area (TPSA) is 89.6 Å². The number of nitrogens with one attached hydrogen (secondary N) is 1. The van der Waals surface area contributed by atoms with Gasteiger partial charge in [-0.1, -0.05) is 0 Å². The highest BCUT2D eigenvalue weighted by Crippen LogP contribution is 2.38. The molecule has 4 heterocycles. The molecule has 0 bridgehead atoms. The number of morpholine rings is 1. The van der Waals surface area contributed by atoms with E-state index < -0.39 is 0 Å². The molecule has 5 rings (SSSR count). The van der Waals surface area contributed by atoms with Gasteiger partial charge >= 0.3 is 0 Å². The predicted molar refractivity (Wildman–Crippen MR) is 113 cm³/mol. The molecule has 1 saturated heterocycles. The highest BCUT2D eigenvalue weighted by molar-refractivity contribution is 5.88. The van der Waals surface area contributed by atoms with Crippen molar-refractivity contribution in [2.24, 2.45) is 7.05 Å². The van der Waals surface area contributed by atoms with Crippen LogP contribution >= 0.6 is 0 Å². The van der Waals surface area contributed by atoms with Gasteiger partial charge in [0.2, 0.25) is 6.41 Å². The predicted octanol–water partition coefficient (Wildman–Crippen LogP) is 2.34. The Labute approximate surface area is 177 Å². The number of imidazole rings is 1. The molecule has 0 atom stereocenters. The van der Waals surface area contributed by atoms with Crippen LogP contribution in [0.1, 0.15) is 0 Å². The zero-order valence-corrected chi connectivity index (χ0v) is 16.8. The number of hydrogen-bond donors (Lipinski definition) is 1. The number of hydrogen-bond acceptors (Lipinski definition) is 6. The molecule has 1 N–H and O–H groups in total. The van der Waals surface area contributed by atoms with E-state index in [2.05, 4.69) is 15.2 Å². The zero-order valence-electron chi connectivity index (χ0n) is 16.8. The molecular weight excluding hydrogens is 401 g/mol. The molecule has 1 amide bonds. The van der Waals surface area contributed by atoms with Crippen LogP contribution in [0.3, 0.4) is 0 Å². The SMILES string of the molecule is Cn1nc(-c2ccc(F)cc2)c(-c2ccc3nc(NC=O)cn3n2)c1N1CCOCC1. The zero-order chi connectivity index (χ0) is 21.4. The smallest absolute Gasteiger partial charge is 0.212 e. The number of aryl methyl sites for hydroxylation is 1. The number of anilines is 2. The minimum absolute atomic E-state index is 0.303. The molecule has 1 aromatic carbocycles. The monoisotopic (exact) mass is 421 g/mol. The minimum atomic E-state index is -0.303. The number of aromatic nitrogens is 5. The third kappa shape index (κ3) is 3.50. The van der Waals surface area contributed by atoms with E-state index in [4.69, 9.17) is 14.9 Å². The van der Waals surface area contributed by atoms with Gasteiger partial charge in [0.05, 0.1) is 30.7 Å². The van der Waals surface area contributed by atoms with Gasteiger partial charge in [0.15, 0.2) is 11.5 Å². The summed E-state index contributed by atoms with van der Waals surface area (Å²) in [4.78, 5) is 17.3. The molecule has 0 aliphatic carbocycles. The Morgan fingerprint density at radius 1 is 1.10 bits per heavy atom. The molecule has 0 radical (unpaired) electrons. The van der Waals surface area contributed by atoms with E-state index in [1.165, 1.54) is 12.1 Å². The number of benzene rings is 1. The Bertz CT molecular complexity index is 1240. The summed E-state index contributed by atoms with van der Waals surface area (Å²) in [6, 6.07) is 9.99. The van der Waals surface area contributed by atoms with Gasteiger partial charge in [-0.15, -0.1) is 0 Å². The average Bonchev–Trinajstić information content (AvgIpc) is 3.34. The number of amides is 1. The first kappa shape index (κ1) is 19.2.